The molecule has 0 saturated heterocycles. The molecular formula is C7H10N2O2S3. The average Bonchev–Trinajstić information content (AvgIpc) is 2.60. The molecule has 0 aliphatic heterocycles. The van der Waals surface area contributed by atoms with Gasteiger partial charge >= 0.3 is 5.97 Å². The zero-order chi connectivity index (χ0) is 10.4. The van der Waals surface area contributed by atoms with Gasteiger partial charge in [-0.1, -0.05) is 34.9 Å². The van der Waals surface area contributed by atoms with Crippen LogP contribution in [0.5, 0.6) is 0 Å². The fourth-order valence-electron chi connectivity index (χ4n) is 0.721. The van der Waals surface area contributed by atoms with Crippen LogP contribution in [0.4, 0.5) is 0 Å². The number of aromatic nitrogens is 2. The van der Waals surface area contributed by atoms with Crippen LogP contribution in [0.15, 0.2) is 8.68 Å². The topological polar surface area (TPSA) is 63.1 Å². The molecule has 4 nitrogen and oxygen atoms in total. The zero-order valence-corrected chi connectivity index (χ0v) is 10.0. The summed E-state index contributed by atoms with van der Waals surface area (Å²) in [5.74, 6) is 0.0441. The molecule has 0 aliphatic rings. The second-order valence-corrected chi connectivity index (χ2v) is 5.76. The highest BCUT2D eigenvalue weighted by molar-refractivity contribution is 8.02. The second-order valence-electron chi connectivity index (χ2n) is 2.38. The van der Waals surface area contributed by atoms with Gasteiger partial charge in [0.2, 0.25) is 0 Å². The molecule has 0 aliphatic carbocycles. The van der Waals surface area contributed by atoms with Crippen molar-refractivity contribution in [2.75, 3.05) is 12.0 Å². The first-order valence-electron chi connectivity index (χ1n) is 3.94. The monoisotopic (exact) mass is 250 g/mol. The van der Waals surface area contributed by atoms with E-state index in [-0.39, 0.29) is 6.42 Å². The predicted octanol–water partition coefficient (Wildman–Crippen LogP) is 2.22. The fraction of sp³-hybridized carbons (Fsp3) is 0.571. The van der Waals surface area contributed by atoms with Crippen molar-refractivity contribution in [1.82, 2.24) is 10.2 Å². The lowest BCUT2D eigenvalue weighted by atomic mass is 10.3. The van der Waals surface area contributed by atoms with Gasteiger partial charge in [0.05, 0.1) is 0 Å². The number of carboxylic acid groups (broad SMARTS) is 1. The molecule has 14 heavy (non-hydrogen) atoms. The molecule has 78 valence electrons. The van der Waals surface area contributed by atoms with Crippen LogP contribution in [0.25, 0.3) is 0 Å². The molecule has 0 spiro atoms. The molecule has 0 saturated carbocycles. The predicted molar refractivity (Wildman–Crippen MR) is 59.3 cm³/mol. The van der Waals surface area contributed by atoms with E-state index < -0.39 is 5.97 Å². The largest absolute Gasteiger partial charge is 0.481 e. The molecule has 1 rings (SSSR count). The maximum atomic E-state index is 10.2. The van der Waals surface area contributed by atoms with Crippen LogP contribution < -0.4 is 0 Å². The Morgan fingerprint density at radius 2 is 2.21 bits per heavy atom. The highest BCUT2D eigenvalue weighted by Gasteiger charge is 2.03. The standard InChI is InChI=1S/C7H10N2O2S3/c1-12-6-8-9-7(14-6)13-4-2-3-5(10)11/h2-4H2,1H3,(H,10,11). The Hall–Kier alpha value is -0.270. The summed E-state index contributed by atoms with van der Waals surface area (Å²) in [4.78, 5) is 10.2. The van der Waals surface area contributed by atoms with E-state index in [0.717, 1.165) is 14.4 Å². The summed E-state index contributed by atoms with van der Waals surface area (Å²) < 4.78 is 1.87. The maximum Gasteiger partial charge on any atom is 0.303 e. The van der Waals surface area contributed by atoms with Gasteiger partial charge in [-0.3, -0.25) is 4.79 Å². The molecular weight excluding hydrogens is 240 g/mol. The van der Waals surface area contributed by atoms with Crippen LogP contribution in [0.1, 0.15) is 12.8 Å². The van der Waals surface area contributed by atoms with E-state index in [0.29, 0.717) is 6.42 Å². The number of hydrogen-bond donors (Lipinski definition) is 1. The fourth-order valence-corrected chi connectivity index (χ4v) is 3.17. The first kappa shape index (κ1) is 11.8. The minimum atomic E-state index is -0.743. The van der Waals surface area contributed by atoms with E-state index >= 15 is 0 Å². The smallest absolute Gasteiger partial charge is 0.303 e. The van der Waals surface area contributed by atoms with Crippen molar-refractivity contribution < 1.29 is 9.90 Å². The van der Waals surface area contributed by atoms with Gasteiger partial charge in [-0.15, -0.1) is 10.2 Å². The molecule has 0 amide bonds. The number of rotatable bonds is 6. The zero-order valence-electron chi connectivity index (χ0n) is 7.60. The molecule has 0 unspecified atom stereocenters. The first-order valence-corrected chi connectivity index (χ1v) is 6.97. The summed E-state index contributed by atoms with van der Waals surface area (Å²) >= 11 is 4.69. The second kappa shape index (κ2) is 6.26. The Balaban J connectivity index is 2.21. The van der Waals surface area contributed by atoms with Crippen molar-refractivity contribution >= 4 is 40.8 Å². The normalized spacial score (nSPS) is 10.4. The van der Waals surface area contributed by atoms with Crippen LogP contribution in [0, 0.1) is 0 Å². The number of carbonyl (C=O) groups is 1. The summed E-state index contributed by atoms with van der Waals surface area (Å²) in [6, 6.07) is 0. The average molecular weight is 250 g/mol. The maximum absolute atomic E-state index is 10.2. The lowest BCUT2D eigenvalue weighted by molar-refractivity contribution is -0.137. The molecule has 0 radical (unpaired) electrons. The summed E-state index contributed by atoms with van der Waals surface area (Å²) in [6.45, 7) is 0. The quantitative estimate of drug-likeness (QED) is 0.617. The molecule has 1 aromatic heterocycles. The lowest BCUT2D eigenvalue weighted by Crippen LogP contribution is -1.94. The highest BCUT2D eigenvalue weighted by Crippen LogP contribution is 2.27. The number of thioether (sulfide) groups is 2. The molecule has 0 bridgehead atoms. The molecule has 0 fully saturated rings. The third kappa shape index (κ3) is 4.30. The third-order valence-corrected chi connectivity index (χ3v) is 4.44. The van der Waals surface area contributed by atoms with E-state index in [1.54, 1.807) is 34.9 Å². The Labute approximate surface area is 94.5 Å². The summed E-state index contributed by atoms with van der Waals surface area (Å²) in [5.41, 5.74) is 0. The minimum absolute atomic E-state index is 0.223. The van der Waals surface area contributed by atoms with E-state index in [9.17, 15) is 4.79 Å². The van der Waals surface area contributed by atoms with Crippen molar-refractivity contribution in [3.8, 4) is 0 Å². The van der Waals surface area contributed by atoms with E-state index in [4.69, 9.17) is 5.11 Å². The van der Waals surface area contributed by atoms with Gasteiger partial charge in [0.15, 0.2) is 8.68 Å². The summed E-state index contributed by atoms with van der Waals surface area (Å²) in [7, 11) is 0. The highest BCUT2D eigenvalue weighted by atomic mass is 32.2. The van der Waals surface area contributed by atoms with Crippen molar-refractivity contribution in [2.24, 2.45) is 0 Å². The van der Waals surface area contributed by atoms with Gasteiger partial charge in [0, 0.05) is 12.2 Å². The van der Waals surface area contributed by atoms with E-state index in [1.165, 1.54) is 0 Å². The van der Waals surface area contributed by atoms with Crippen molar-refractivity contribution in [2.45, 2.75) is 21.5 Å². The molecule has 1 aromatic rings. The van der Waals surface area contributed by atoms with Gasteiger partial charge in [0.1, 0.15) is 0 Å². The molecule has 1 heterocycles. The van der Waals surface area contributed by atoms with E-state index in [2.05, 4.69) is 10.2 Å². The van der Waals surface area contributed by atoms with Crippen LogP contribution in [0.3, 0.4) is 0 Å². The SMILES string of the molecule is CSc1nnc(SCCCC(=O)O)s1. The Kier molecular flexibility index (Phi) is 5.28. The van der Waals surface area contributed by atoms with Gasteiger partial charge in [-0.2, -0.15) is 0 Å². The third-order valence-electron chi connectivity index (χ3n) is 1.32. The summed E-state index contributed by atoms with van der Waals surface area (Å²) in [5, 5.41) is 16.3. The van der Waals surface area contributed by atoms with Crippen molar-refractivity contribution in [1.29, 1.82) is 0 Å². The van der Waals surface area contributed by atoms with Crippen molar-refractivity contribution in [3.63, 3.8) is 0 Å². The van der Waals surface area contributed by atoms with Crippen LogP contribution >= 0.6 is 34.9 Å². The number of hydrogen-bond acceptors (Lipinski definition) is 6. The van der Waals surface area contributed by atoms with Gasteiger partial charge in [-0.25, -0.2) is 0 Å². The molecule has 1 N–H and O–H groups in total. The Bertz CT molecular complexity index is 303. The number of carboxylic acids is 1. The lowest BCUT2D eigenvalue weighted by Gasteiger charge is -1.93. The molecule has 7 heteroatoms. The number of nitrogens with zero attached hydrogens (tertiary/aromatic N) is 2. The number of aliphatic carboxylic acids is 1. The minimum Gasteiger partial charge on any atom is -0.481 e. The van der Waals surface area contributed by atoms with Gasteiger partial charge < -0.3 is 5.11 Å². The van der Waals surface area contributed by atoms with Crippen LogP contribution in [-0.2, 0) is 4.79 Å². The van der Waals surface area contributed by atoms with Crippen LogP contribution in [0.2, 0.25) is 0 Å². The Morgan fingerprint density at radius 3 is 2.79 bits per heavy atom. The van der Waals surface area contributed by atoms with E-state index in [1.807, 2.05) is 6.26 Å². The van der Waals surface area contributed by atoms with Gasteiger partial charge in [0.25, 0.3) is 0 Å². The van der Waals surface area contributed by atoms with Crippen molar-refractivity contribution in [3.05, 3.63) is 0 Å². The summed E-state index contributed by atoms with van der Waals surface area (Å²) in [6.07, 6.45) is 2.86. The molecule has 0 aromatic carbocycles. The van der Waals surface area contributed by atoms with Crippen LogP contribution in [-0.4, -0.2) is 33.3 Å². The van der Waals surface area contributed by atoms with Gasteiger partial charge in [-0.05, 0) is 12.7 Å². The molecule has 0 atom stereocenters. The first-order chi connectivity index (χ1) is 6.72. The Morgan fingerprint density at radius 1 is 1.50 bits per heavy atom.